The average molecular weight is 288 g/mol. The highest BCUT2D eigenvalue weighted by atomic mass is 16.6. The molecule has 1 fully saturated rings. The first-order valence-corrected chi connectivity index (χ1v) is 5.92. The van der Waals surface area contributed by atoms with E-state index in [2.05, 4.69) is 0 Å². The van der Waals surface area contributed by atoms with Gasteiger partial charge in [-0.2, -0.15) is 0 Å². The summed E-state index contributed by atoms with van der Waals surface area (Å²) in [6, 6.07) is 1.08. The smallest absolute Gasteiger partial charge is 0.330 e. The maximum absolute atomic E-state index is 11.9. The Hall–Kier alpha value is -1.52. The number of rotatable bonds is 4. The lowest BCUT2D eigenvalue weighted by Crippen LogP contribution is -2.54. The van der Waals surface area contributed by atoms with Gasteiger partial charge in [0.15, 0.2) is 0 Å². The molecule has 0 spiro atoms. The van der Waals surface area contributed by atoms with Crippen molar-refractivity contribution in [2.45, 2.75) is 24.0 Å². The van der Waals surface area contributed by atoms with Gasteiger partial charge in [0, 0.05) is 19.4 Å². The molecule has 1 aliphatic heterocycles. The van der Waals surface area contributed by atoms with Gasteiger partial charge < -0.3 is 24.8 Å². The lowest BCUT2D eigenvalue weighted by molar-refractivity contribution is -0.179. The van der Waals surface area contributed by atoms with Crippen molar-refractivity contribution in [3.8, 4) is 0 Å². The van der Waals surface area contributed by atoms with Crippen LogP contribution in [0.15, 0.2) is 21.9 Å². The van der Waals surface area contributed by atoms with E-state index in [-0.39, 0.29) is 6.61 Å². The second-order valence-electron chi connectivity index (χ2n) is 4.53. The summed E-state index contributed by atoms with van der Waals surface area (Å²) in [6.07, 6.45) is -2.84. The Labute approximate surface area is 113 Å². The van der Waals surface area contributed by atoms with Crippen LogP contribution in [0.2, 0.25) is 0 Å². The predicted octanol–water partition coefficient (Wildman–Crippen LogP) is -3.05. The normalized spacial score (nSPS) is 33.5. The Bertz CT molecular complexity index is 583. The molecular weight excluding hydrogens is 272 g/mol. The molecule has 9 nitrogen and oxygen atoms in total. The quantitative estimate of drug-likeness (QED) is 0.462. The summed E-state index contributed by atoms with van der Waals surface area (Å²) in [5.41, 5.74) is -3.15. The van der Waals surface area contributed by atoms with Crippen molar-refractivity contribution >= 4 is 0 Å². The van der Waals surface area contributed by atoms with Crippen LogP contribution in [-0.4, -0.2) is 63.5 Å². The van der Waals surface area contributed by atoms with Crippen molar-refractivity contribution in [2.24, 2.45) is 0 Å². The lowest BCUT2D eigenvalue weighted by Gasteiger charge is -2.32. The molecule has 0 saturated carbocycles. The first kappa shape index (κ1) is 14.9. The minimum Gasteiger partial charge on any atom is -0.394 e. The van der Waals surface area contributed by atoms with Crippen LogP contribution in [0, 0.1) is 0 Å². The van der Waals surface area contributed by atoms with E-state index in [4.69, 9.17) is 14.6 Å². The van der Waals surface area contributed by atoms with Crippen molar-refractivity contribution in [1.82, 2.24) is 9.55 Å². The van der Waals surface area contributed by atoms with E-state index in [9.17, 15) is 19.8 Å². The molecule has 1 aliphatic rings. The molecule has 1 aromatic heterocycles. The minimum absolute atomic E-state index is 0.256. The zero-order valence-electron chi connectivity index (χ0n) is 10.7. The highest BCUT2D eigenvalue weighted by molar-refractivity contribution is 5.01. The van der Waals surface area contributed by atoms with Crippen molar-refractivity contribution < 1.29 is 24.8 Å². The third-order valence-electron chi connectivity index (χ3n) is 3.28. The highest BCUT2D eigenvalue weighted by Gasteiger charge is 2.56. The molecule has 0 aliphatic carbocycles. The van der Waals surface area contributed by atoms with Crippen LogP contribution in [0.4, 0.5) is 0 Å². The number of ether oxygens (including phenoxy) is 2. The monoisotopic (exact) mass is 288 g/mol. The summed E-state index contributed by atoms with van der Waals surface area (Å²) in [5, 5.41) is 29.2. The number of nitrogens with one attached hydrogen (secondary N) is 1. The Morgan fingerprint density at radius 2 is 2.20 bits per heavy atom. The van der Waals surface area contributed by atoms with Crippen LogP contribution in [0.25, 0.3) is 0 Å². The maximum Gasteiger partial charge on any atom is 0.330 e. The van der Waals surface area contributed by atoms with E-state index in [0.29, 0.717) is 0 Å². The van der Waals surface area contributed by atoms with E-state index in [0.717, 1.165) is 16.8 Å². The lowest BCUT2D eigenvalue weighted by atomic mass is 10.0. The number of aromatic nitrogens is 2. The minimum atomic E-state index is -1.72. The SMILES string of the molecule is COC[C@@]1(n2ccc(=O)[nH]c2=O)O[C@H](CO)[C@@H](O)[C@H]1O. The van der Waals surface area contributed by atoms with Gasteiger partial charge in [-0.3, -0.25) is 14.3 Å². The van der Waals surface area contributed by atoms with E-state index >= 15 is 0 Å². The Kier molecular flexibility index (Phi) is 4.06. The molecule has 4 N–H and O–H groups in total. The van der Waals surface area contributed by atoms with Gasteiger partial charge in [0.2, 0.25) is 5.72 Å². The van der Waals surface area contributed by atoms with Crippen molar-refractivity contribution in [3.05, 3.63) is 33.1 Å². The number of hydrogen-bond acceptors (Lipinski definition) is 7. The predicted molar refractivity (Wildman–Crippen MR) is 65.1 cm³/mol. The fourth-order valence-corrected chi connectivity index (χ4v) is 2.33. The molecule has 2 heterocycles. The molecular formula is C11H16N2O7. The Balaban J connectivity index is 2.55. The van der Waals surface area contributed by atoms with Crippen LogP contribution in [0.1, 0.15) is 0 Å². The van der Waals surface area contributed by atoms with E-state index in [1.165, 1.54) is 7.11 Å². The van der Waals surface area contributed by atoms with Gasteiger partial charge in [-0.1, -0.05) is 0 Å². The molecule has 1 saturated heterocycles. The van der Waals surface area contributed by atoms with Crippen LogP contribution in [0.5, 0.6) is 0 Å². The first-order chi connectivity index (χ1) is 9.46. The maximum atomic E-state index is 11.9. The van der Waals surface area contributed by atoms with Gasteiger partial charge in [0.1, 0.15) is 18.3 Å². The van der Waals surface area contributed by atoms with Gasteiger partial charge in [0.25, 0.3) is 5.56 Å². The second kappa shape index (κ2) is 5.46. The third kappa shape index (κ3) is 2.19. The number of aliphatic hydroxyl groups excluding tert-OH is 3. The molecule has 0 unspecified atom stereocenters. The van der Waals surface area contributed by atoms with E-state index in [1.54, 1.807) is 0 Å². The largest absolute Gasteiger partial charge is 0.394 e. The molecule has 0 aromatic carbocycles. The molecule has 4 atom stereocenters. The van der Waals surface area contributed by atoms with Crippen LogP contribution >= 0.6 is 0 Å². The number of aromatic amines is 1. The van der Waals surface area contributed by atoms with Crippen molar-refractivity contribution in [3.63, 3.8) is 0 Å². The molecule has 0 radical (unpaired) electrons. The zero-order chi connectivity index (χ0) is 14.9. The summed E-state index contributed by atoms with van der Waals surface area (Å²) >= 11 is 0. The molecule has 2 rings (SSSR count). The van der Waals surface area contributed by atoms with Crippen molar-refractivity contribution in [2.75, 3.05) is 20.3 Å². The molecule has 112 valence electrons. The average Bonchev–Trinajstić information content (AvgIpc) is 2.65. The molecule has 1 aromatic rings. The number of H-pyrrole nitrogens is 1. The van der Waals surface area contributed by atoms with Gasteiger partial charge >= 0.3 is 5.69 Å². The van der Waals surface area contributed by atoms with Crippen molar-refractivity contribution in [1.29, 1.82) is 0 Å². The van der Waals surface area contributed by atoms with Crippen LogP contribution < -0.4 is 11.2 Å². The Morgan fingerprint density at radius 1 is 1.50 bits per heavy atom. The van der Waals surface area contributed by atoms with E-state index < -0.39 is 41.9 Å². The Morgan fingerprint density at radius 3 is 2.70 bits per heavy atom. The summed E-state index contributed by atoms with van der Waals surface area (Å²) < 4.78 is 11.3. The number of hydrogen-bond donors (Lipinski definition) is 4. The van der Waals surface area contributed by atoms with E-state index in [1.807, 2.05) is 4.98 Å². The third-order valence-corrected chi connectivity index (χ3v) is 3.28. The number of nitrogens with zero attached hydrogens (tertiary/aromatic N) is 1. The zero-order valence-corrected chi connectivity index (χ0v) is 10.7. The topological polar surface area (TPSA) is 134 Å². The molecule has 0 bridgehead atoms. The fraction of sp³-hybridized carbons (Fsp3) is 0.636. The summed E-state index contributed by atoms with van der Waals surface area (Å²) in [4.78, 5) is 25.0. The summed E-state index contributed by atoms with van der Waals surface area (Å²) in [5.74, 6) is 0. The molecule has 0 amide bonds. The van der Waals surface area contributed by atoms with Gasteiger partial charge in [-0.25, -0.2) is 4.79 Å². The molecule has 20 heavy (non-hydrogen) atoms. The first-order valence-electron chi connectivity index (χ1n) is 5.92. The van der Waals surface area contributed by atoms with Crippen LogP contribution in [-0.2, 0) is 15.2 Å². The molecule has 9 heteroatoms. The fourth-order valence-electron chi connectivity index (χ4n) is 2.33. The highest BCUT2D eigenvalue weighted by Crippen LogP contribution is 2.34. The summed E-state index contributed by atoms with van der Waals surface area (Å²) in [7, 11) is 1.33. The van der Waals surface area contributed by atoms with Gasteiger partial charge in [0.05, 0.1) is 13.2 Å². The number of methoxy groups -OCH3 is 1. The second-order valence-corrected chi connectivity index (χ2v) is 4.53. The van der Waals surface area contributed by atoms with Crippen LogP contribution in [0.3, 0.4) is 0 Å². The van der Waals surface area contributed by atoms with Gasteiger partial charge in [-0.05, 0) is 0 Å². The standard InChI is InChI=1S/C11H16N2O7/c1-19-5-11(9(17)8(16)6(4-14)20-11)13-3-2-7(15)12-10(13)18/h2-3,6,8-9,14,16-17H,4-5H2,1H3,(H,12,15,18)/t6-,8-,9-,11-/m1/s1. The van der Waals surface area contributed by atoms with Gasteiger partial charge in [-0.15, -0.1) is 0 Å². The summed E-state index contributed by atoms with van der Waals surface area (Å²) in [6.45, 7) is -0.796. The number of aliphatic hydroxyl groups is 3.